The Balaban J connectivity index is 2.50. The summed E-state index contributed by atoms with van der Waals surface area (Å²) < 4.78 is 0. The van der Waals surface area contributed by atoms with Crippen LogP contribution >= 0.6 is 0 Å². The molecular weight excluding hydrogens is 178 g/mol. The molecule has 0 saturated carbocycles. The summed E-state index contributed by atoms with van der Waals surface area (Å²) in [6.07, 6.45) is 0. The zero-order chi connectivity index (χ0) is 10.2. The first-order valence-corrected chi connectivity index (χ1v) is 4.55. The van der Waals surface area contributed by atoms with Crippen molar-refractivity contribution in [3.05, 3.63) is 29.8 Å². The monoisotopic (exact) mass is 191 g/mol. The maximum Gasteiger partial charge on any atom is 0.165 e. The van der Waals surface area contributed by atoms with E-state index >= 15 is 0 Å². The molecule has 1 aromatic rings. The summed E-state index contributed by atoms with van der Waals surface area (Å²) in [5.74, 6) is 0. The van der Waals surface area contributed by atoms with Gasteiger partial charge in [-0.25, -0.2) is 9.78 Å². The van der Waals surface area contributed by atoms with E-state index in [0.29, 0.717) is 0 Å². The Hall–Kier alpha value is -1.19. The maximum atomic E-state index is 5.30. The third kappa shape index (κ3) is 1.17. The second-order valence-electron chi connectivity index (χ2n) is 3.50. The Morgan fingerprint density at radius 2 is 2.00 bits per heavy atom. The van der Waals surface area contributed by atoms with Gasteiger partial charge in [-0.15, -0.1) is 0 Å². The maximum absolute atomic E-state index is 5.30. The number of hydrogen-bond acceptors (Lipinski definition) is 3. The zero-order valence-electron chi connectivity index (χ0n) is 8.57. The lowest BCUT2D eigenvalue weighted by molar-refractivity contribution is -0.323. The average Bonchev–Trinajstić information content (AvgIpc) is 2.41. The second-order valence-corrected chi connectivity index (χ2v) is 3.50. The molecule has 1 unspecified atom stereocenters. The highest BCUT2D eigenvalue weighted by Gasteiger charge is 2.38. The van der Waals surface area contributed by atoms with Crippen LogP contribution < -0.4 is 0 Å². The molecule has 3 heteroatoms. The quantitative estimate of drug-likeness (QED) is 0.531. The molecule has 0 fully saturated rings. The number of para-hydroxylation sites is 1. The Kier molecular flexibility index (Phi) is 2.13. The normalized spacial score (nSPS) is 24.6. The summed E-state index contributed by atoms with van der Waals surface area (Å²) in [4.78, 5) is 14.5. The summed E-state index contributed by atoms with van der Waals surface area (Å²) in [5, 5.41) is 0. The van der Waals surface area contributed by atoms with Crippen LogP contribution in [-0.4, -0.2) is 12.8 Å². The fraction of sp³-hybridized carbons (Fsp3) is 0.364. The SMILES string of the molecule is COOC1(C)C(C)=Nc2ccccc21. The summed E-state index contributed by atoms with van der Waals surface area (Å²) >= 11 is 0. The largest absolute Gasteiger partial charge is 0.254 e. The van der Waals surface area contributed by atoms with Gasteiger partial charge in [0.25, 0.3) is 0 Å². The van der Waals surface area contributed by atoms with E-state index in [1.807, 2.05) is 38.1 Å². The fourth-order valence-electron chi connectivity index (χ4n) is 1.73. The topological polar surface area (TPSA) is 30.8 Å². The van der Waals surface area contributed by atoms with Crippen molar-refractivity contribution in [1.82, 2.24) is 0 Å². The minimum absolute atomic E-state index is 0.536. The van der Waals surface area contributed by atoms with E-state index in [4.69, 9.17) is 9.78 Å². The molecule has 14 heavy (non-hydrogen) atoms. The lowest BCUT2D eigenvalue weighted by Gasteiger charge is -2.23. The van der Waals surface area contributed by atoms with E-state index in [-0.39, 0.29) is 0 Å². The lowest BCUT2D eigenvalue weighted by atomic mass is 9.93. The average molecular weight is 191 g/mol. The minimum Gasteiger partial charge on any atom is -0.254 e. The van der Waals surface area contributed by atoms with Crippen molar-refractivity contribution >= 4 is 11.4 Å². The molecule has 1 heterocycles. The van der Waals surface area contributed by atoms with E-state index < -0.39 is 5.60 Å². The molecular formula is C11H13NO2. The Bertz CT molecular complexity index is 387. The molecule has 1 aliphatic heterocycles. The molecule has 0 radical (unpaired) electrons. The summed E-state index contributed by atoms with van der Waals surface area (Å²) in [6.45, 7) is 3.90. The van der Waals surface area contributed by atoms with Crippen molar-refractivity contribution in [2.75, 3.05) is 7.11 Å². The molecule has 0 aliphatic carbocycles. The summed E-state index contributed by atoms with van der Waals surface area (Å²) in [6, 6.07) is 7.93. The van der Waals surface area contributed by atoms with Gasteiger partial charge in [0, 0.05) is 5.56 Å². The Labute approximate surface area is 83.3 Å². The molecule has 1 aliphatic rings. The van der Waals surface area contributed by atoms with E-state index in [1.165, 1.54) is 7.11 Å². The molecule has 0 spiro atoms. The standard InChI is InChI=1S/C11H13NO2/c1-8-11(2,14-13-3)9-6-4-5-7-10(9)12-8/h4-7H,1-3H3. The van der Waals surface area contributed by atoms with Gasteiger partial charge in [-0.2, -0.15) is 0 Å². The number of benzene rings is 1. The molecule has 0 aromatic heterocycles. The number of rotatable bonds is 2. The molecule has 0 amide bonds. The van der Waals surface area contributed by atoms with Crippen LogP contribution in [0, 0.1) is 0 Å². The minimum atomic E-state index is -0.536. The molecule has 1 atom stereocenters. The van der Waals surface area contributed by atoms with Crippen molar-refractivity contribution in [1.29, 1.82) is 0 Å². The predicted molar refractivity (Wildman–Crippen MR) is 54.7 cm³/mol. The van der Waals surface area contributed by atoms with Crippen LogP contribution in [0.1, 0.15) is 19.4 Å². The van der Waals surface area contributed by atoms with Gasteiger partial charge in [0.05, 0.1) is 18.5 Å². The van der Waals surface area contributed by atoms with Crippen molar-refractivity contribution in [2.24, 2.45) is 4.99 Å². The van der Waals surface area contributed by atoms with Gasteiger partial charge in [0.2, 0.25) is 0 Å². The van der Waals surface area contributed by atoms with Gasteiger partial charge in [-0.1, -0.05) is 18.2 Å². The smallest absolute Gasteiger partial charge is 0.165 e. The van der Waals surface area contributed by atoms with E-state index in [2.05, 4.69) is 4.99 Å². The van der Waals surface area contributed by atoms with Gasteiger partial charge in [-0.3, -0.25) is 4.99 Å². The van der Waals surface area contributed by atoms with Crippen LogP contribution in [0.4, 0.5) is 5.69 Å². The van der Waals surface area contributed by atoms with Crippen molar-refractivity contribution in [3.63, 3.8) is 0 Å². The molecule has 3 nitrogen and oxygen atoms in total. The number of nitrogens with zero attached hydrogens (tertiary/aromatic N) is 1. The lowest BCUT2D eigenvalue weighted by Crippen LogP contribution is -2.30. The van der Waals surface area contributed by atoms with Gasteiger partial charge >= 0.3 is 0 Å². The van der Waals surface area contributed by atoms with Crippen LogP contribution in [0.15, 0.2) is 29.3 Å². The first-order valence-electron chi connectivity index (χ1n) is 4.55. The highest BCUT2D eigenvalue weighted by Crippen LogP contribution is 2.40. The second kappa shape index (κ2) is 3.19. The Morgan fingerprint density at radius 3 is 2.71 bits per heavy atom. The van der Waals surface area contributed by atoms with E-state index in [9.17, 15) is 0 Å². The fourth-order valence-corrected chi connectivity index (χ4v) is 1.73. The molecule has 1 aromatic carbocycles. The number of aliphatic imine (C=N–C) groups is 1. The zero-order valence-corrected chi connectivity index (χ0v) is 8.57. The molecule has 2 rings (SSSR count). The van der Waals surface area contributed by atoms with Crippen LogP contribution in [0.3, 0.4) is 0 Å². The highest BCUT2D eigenvalue weighted by molar-refractivity contribution is 5.98. The molecule has 74 valence electrons. The van der Waals surface area contributed by atoms with E-state index in [0.717, 1.165) is 17.0 Å². The molecule has 0 saturated heterocycles. The van der Waals surface area contributed by atoms with Crippen LogP contribution in [-0.2, 0) is 15.4 Å². The van der Waals surface area contributed by atoms with Crippen molar-refractivity contribution in [2.45, 2.75) is 19.4 Å². The first-order chi connectivity index (χ1) is 6.68. The van der Waals surface area contributed by atoms with Crippen molar-refractivity contribution in [3.8, 4) is 0 Å². The van der Waals surface area contributed by atoms with Crippen LogP contribution in [0.25, 0.3) is 0 Å². The third-order valence-corrected chi connectivity index (χ3v) is 2.65. The summed E-state index contributed by atoms with van der Waals surface area (Å²) in [5.41, 5.74) is 2.40. The highest BCUT2D eigenvalue weighted by atomic mass is 17.2. The van der Waals surface area contributed by atoms with Crippen molar-refractivity contribution < 1.29 is 9.78 Å². The van der Waals surface area contributed by atoms with Crippen LogP contribution in [0.2, 0.25) is 0 Å². The van der Waals surface area contributed by atoms with Crippen LogP contribution in [0.5, 0.6) is 0 Å². The molecule has 0 N–H and O–H groups in total. The van der Waals surface area contributed by atoms with Gasteiger partial charge < -0.3 is 0 Å². The first kappa shape index (κ1) is 9.37. The molecule has 0 bridgehead atoms. The Morgan fingerprint density at radius 1 is 1.29 bits per heavy atom. The number of fused-ring (bicyclic) bond motifs is 1. The van der Waals surface area contributed by atoms with Gasteiger partial charge in [0.15, 0.2) is 5.60 Å². The number of hydrogen-bond donors (Lipinski definition) is 0. The van der Waals surface area contributed by atoms with E-state index in [1.54, 1.807) is 0 Å². The summed E-state index contributed by atoms with van der Waals surface area (Å²) in [7, 11) is 1.51. The van der Waals surface area contributed by atoms with Gasteiger partial charge in [-0.05, 0) is 19.9 Å². The van der Waals surface area contributed by atoms with Gasteiger partial charge in [0.1, 0.15) is 0 Å². The third-order valence-electron chi connectivity index (χ3n) is 2.65. The predicted octanol–water partition coefficient (Wildman–Crippen LogP) is 2.59.